The summed E-state index contributed by atoms with van der Waals surface area (Å²) in [6.45, 7) is 2.19. The molecule has 3 nitrogen and oxygen atoms in total. The zero-order chi connectivity index (χ0) is 11.5. The third kappa shape index (κ3) is 1.97. The zero-order valence-electron chi connectivity index (χ0n) is 9.73. The minimum absolute atomic E-state index is 0.772. The number of aromatic nitrogens is 2. The molecule has 2 heterocycles. The molecule has 2 aromatic rings. The van der Waals surface area contributed by atoms with Crippen LogP contribution in [-0.2, 0) is 13.5 Å². The SMILES string of the molecule is CCCCc1nn(C)c(N)c1-c1cccs1. The molecule has 0 radical (unpaired) electrons. The molecule has 0 aromatic carbocycles. The minimum atomic E-state index is 0.772. The summed E-state index contributed by atoms with van der Waals surface area (Å²) in [6, 6.07) is 4.16. The number of rotatable bonds is 4. The van der Waals surface area contributed by atoms with Gasteiger partial charge in [0.15, 0.2) is 0 Å². The van der Waals surface area contributed by atoms with Crippen LogP contribution in [0.25, 0.3) is 10.4 Å². The molecule has 0 aliphatic heterocycles. The number of nitrogens with two attached hydrogens (primary N) is 1. The molecule has 2 rings (SSSR count). The Morgan fingerprint density at radius 1 is 1.50 bits per heavy atom. The van der Waals surface area contributed by atoms with E-state index in [0.717, 1.165) is 29.9 Å². The zero-order valence-corrected chi connectivity index (χ0v) is 10.5. The summed E-state index contributed by atoms with van der Waals surface area (Å²) < 4.78 is 1.78. The van der Waals surface area contributed by atoms with E-state index in [1.165, 1.54) is 11.3 Å². The number of hydrogen-bond acceptors (Lipinski definition) is 3. The summed E-state index contributed by atoms with van der Waals surface area (Å²) in [7, 11) is 1.90. The lowest BCUT2D eigenvalue weighted by Crippen LogP contribution is -1.97. The maximum Gasteiger partial charge on any atom is 0.130 e. The Hall–Kier alpha value is -1.29. The molecule has 0 spiro atoms. The van der Waals surface area contributed by atoms with Crippen LogP contribution in [-0.4, -0.2) is 9.78 Å². The van der Waals surface area contributed by atoms with E-state index in [9.17, 15) is 0 Å². The molecule has 0 aliphatic rings. The molecule has 0 aliphatic carbocycles. The number of nitrogen functional groups attached to an aromatic ring is 1. The van der Waals surface area contributed by atoms with Gasteiger partial charge in [0.1, 0.15) is 5.82 Å². The topological polar surface area (TPSA) is 43.8 Å². The van der Waals surface area contributed by atoms with E-state index >= 15 is 0 Å². The minimum Gasteiger partial charge on any atom is -0.383 e. The first kappa shape index (κ1) is 11.2. The molecule has 0 unspecified atom stereocenters. The largest absolute Gasteiger partial charge is 0.383 e. The highest BCUT2D eigenvalue weighted by Gasteiger charge is 2.15. The average molecular weight is 235 g/mol. The number of aryl methyl sites for hydroxylation is 2. The van der Waals surface area contributed by atoms with Gasteiger partial charge >= 0.3 is 0 Å². The summed E-state index contributed by atoms with van der Waals surface area (Å²) in [5.74, 6) is 0.772. The highest BCUT2D eigenvalue weighted by Crippen LogP contribution is 2.33. The molecule has 2 N–H and O–H groups in total. The summed E-state index contributed by atoms with van der Waals surface area (Å²) in [4.78, 5) is 1.22. The van der Waals surface area contributed by atoms with E-state index in [2.05, 4.69) is 29.5 Å². The van der Waals surface area contributed by atoms with E-state index in [1.807, 2.05) is 7.05 Å². The van der Waals surface area contributed by atoms with E-state index in [4.69, 9.17) is 5.73 Å². The van der Waals surface area contributed by atoms with E-state index in [0.29, 0.717) is 0 Å². The first-order valence-corrected chi connectivity index (χ1v) is 6.47. The maximum absolute atomic E-state index is 6.07. The number of thiophene rings is 1. The monoisotopic (exact) mass is 235 g/mol. The van der Waals surface area contributed by atoms with Crippen LogP contribution in [0.5, 0.6) is 0 Å². The first-order valence-electron chi connectivity index (χ1n) is 5.59. The van der Waals surface area contributed by atoms with Crippen molar-refractivity contribution in [3.05, 3.63) is 23.2 Å². The quantitative estimate of drug-likeness (QED) is 0.885. The van der Waals surface area contributed by atoms with Gasteiger partial charge in [0.25, 0.3) is 0 Å². The second-order valence-electron chi connectivity index (χ2n) is 3.91. The summed E-state index contributed by atoms with van der Waals surface area (Å²) >= 11 is 1.72. The molecule has 0 atom stereocenters. The Kier molecular flexibility index (Phi) is 3.29. The van der Waals surface area contributed by atoms with Crippen molar-refractivity contribution in [2.24, 2.45) is 7.05 Å². The lowest BCUT2D eigenvalue weighted by Gasteiger charge is -2.00. The molecule has 0 saturated carbocycles. The first-order chi connectivity index (χ1) is 7.74. The van der Waals surface area contributed by atoms with E-state index in [1.54, 1.807) is 16.0 Å². The van der Waals surface area contributed by atoms with Crippen molar-refractivity contribution in [2.45, 2.75) is 26.2 Å². The third-order valence-electron chi connectivity index (χ3n) is 2.70. The normalized spacial score (nSPS) is 10.9. The van der Waals surface area contributed by atoms with Crippen LogP contribution in [0, 0.1) is 0 Å². The summed E-state index contributed by atoms with van der Waals surface area (Å²) in [5, 5.41) is 6.58. The van der Waals surface area contributed by atoms with Crippen molar-refractivity contribution in [1.29, 1.82) is 0 Å². The molecule has 2 aromatic heterocycles. The van der Waals surface area contributed by atoms with E-state index in [-0.39, 0.29) is 0 Å². The molecule has 16 heavy (non-hydrogen) atoms. The van der Waals surface area contributed by atoms with Gasteiger partial charge < -0.3 is 5.73 Å². The lowest BCUT2D eigenvalue weighted by atomic mass is 10.1. The highest BCUT2D eigenvalue weighted by molar-refractivity contribution is 7.13. The van der Waals surface area contributed by atoms with Gasteiger partial charge in [-0.05, 0) is 24.3 Å². The second kappa shape index (κ2) is 4.70. The number of nitrogens with zero attached hydrogens (tertiary/aromatic N) is 2. The Balaban J connectivity index is 2.41. The number of unbranched alkanes of at least 4 members (excludes halogenated alkanes) is 1. The van der Waals surface area contributed by atoms with Crippen molar-refractivity contribution >= 4 is 17.2 Å². The van der Waals surface area contributed by atoms with Gasteiger partial charge in [0.05, 0.1) is 11.3 Å². The Bertz CT molecular complexity index is 457. The fourth-order valence-electron chi connectivity index (χ4n) is 1.80. The smallest absolute Gasteiger partial charge is 0.130 e. The van der Waals surface area contributed by atoms with Gasteiger partial charge in [-0.25, -0.2) is 0 Å². The number of hydrogen-bond donors (Lipinski definition) is 1. The molecular formula is C12H17N3S. The van der Waals surface area contributed by atoms with Crippen LogP contribution in [0.15, 0.2) is 17.5 Å². The summed E-state index contributed by atoms with van der Waals surface area (Å²) in [6.07, 6.45) is 3.35. The molecule has 0 saturated heterocycles. The molecular weight excluding hydrogens is 218 g/mol. The molecule has 0 fully saturated rings. The lowest BCUT2D eigenvalue weighted by molar-refractivity contribution is 0.718. The van der Waals surface area contributed by atoms with Gasteiger partial charge in [-0.15, -0.1) is 11.3 Å². The van der Waals surface area contributed by atoms with Crippen LogP contribution < -0.4 is 5.73 Å². The van der Waals surface area contributed by atoms with Crippen LogP contribution in [0.3, 0.4) is 0 Å². The predicted molar refractivity (Wildman–Crippen MR) is 69.5 cm³/mol. The number of anilines is 1. The van der Waals surface area contributed by atoms with Crippen LogP contribution in [0.1, 0.15) is 25.5 Å². The Morgan fingerprint density at radius 2 is 2.31 bits per heavy atom. The van der Waals surface area contributed by atoms with Crippen LogP contribution >= 0.6 is 11.3 Å². The van der Waals surface area contributed by atoms with E-state index < -0.39 is 0 Å². The van der Waals surface area contributed by atoms with Crippen LogP contribution in [0.2, 0.25) is 0 Å². The van der Waals surface area contributed by atoms with Gasteiger partial charge in [0, 0.05) is 11.9 Å². The van der Waals surface area contributed by atoms with Gasteiger partial charge in [-0.3, -0.25) is 4.68 Å². The highest BCUT2D eigenvalue weighted by atomic mass is 32.1. The fourth-order valence-corrected chi connectivity index (χ4v) is 2.60. The molecule has 86 valence electrons. The van der Waals surface area contributed by atoms with Crippen molar-refractivity contribution in [2.75, 3.05) is 5.73 Å². The average Bonchev–Trinajstić information content (AvgIpc) is 2.86. The van der Waals surface area contributed by atoms with Crippen LogP contribution in [0.4, 0.5) is 5.82 Å². The third-order valence-corrected chi connectivity index (χ3v) is 3.59. The summed E-state index contributed by atoms with van der Waals surface area (Å²) in [5.41, 5.74) is 8.33. The van der Waals surface area contributed by atoms with Crippen molar-refractivity contribution in [3.63, 3.8) is 0 Å². The fraction of sp³-hybridized carbons (Fsp3) is 0.417. The molecule has 4 heteroatoms. The predicted octanol–water partition coefficient (Wildman–Crippen LogP) is 3.07. The van der Waals surface area contributed by atoms with Gasteiger partial charge in [-0.2, -0.15) is 5.10 Å². The Labute approximate surface area is 99.9 Å². The second-order valence-corrected chi connectivity index (χ2v) is 4.86. The standard InChI is InChI=1S/C12H17N3S/c1-3-4-6-9-11(10-7-5-8-16-10)12(13)15(2)14-9/h5,7-8H,3-4,6,13H2,1-2H3. The molecule has 0 amide bonds. The van der Waals surface area contributed by atoms with Crippen molar-refractivity contribution < 1.29 is 0 Å². The van der Waals surface area contributed by atoms with Gasteiger partial charge in [0.2, 0.25) is 0 Å². The Morgan fingerprint density at radius 3 is 2.94 bits per heavy atom. The van der Waals surface area contributed by atoms with Gasteiger partial charge in [-0.1, -0.05) is 19.4 Å². The van der Waals surface area contributed by atoms with Crippen molar-refractivity contribution in [3.8, 4) is 10.4 Å². The van der Waals surface area contributed by atoms with Crippen molar-refractivity contribution in [1.82, 2.24) is 9.78 Å². The maximum atomic E-state index is 6.07. The molecule has 0 bridgehead atoms.